The van der Waals surface area contributed by atoms with Crippen molar-refractivity contribution in [3.8, 4) is 6.07 Å². The quantitative estimate of drug-likeness (QED) is 0.777. The Balaban J connectivity index is 1.77. The van der Waals surface area contributed by atoms with Gasteiger partial charge in [-0.15, -0.1) is 0 Å². The van der Waals surface area contributed by atoms with Crippen LogP contribution in [-0.2, 0) is 4.74 Å². The van der Waals surface area contributed by atoms with Gasteiger partial charge in [0.05, 0.1) is 12.2 Å². The van der Waals surface area contributed by atoms with Crippen LogP contribution in [-0.4, -0.2) is 49.3 Å². The van der Waals surface area contributed by atoms with Crippen molar-refractivity contribution < 1.29 is 4.74 Å². The molecule has 0 aromatic heterocycles. The minimum atomic E-state index is -0.426. The van der Waals surface area contributed by atoms with Crippen LogP contribution in [0.4, 0.5) is 0 Å². The van der Waals surface area contributed by atoms with E-state index >= 15 is 0 Å². The lowest BCUT2D eigenvalue weighted by atomic mass is 10.0. The third-order valence-electron chi connectivity index (χ3n) is 3.72. The molecular formula is C14H25N3O. The highest BCUT2D eigenvalue weighted by Gasteiger charge is 2.33. The molecule has 1 aliphatic carbocycles. The summed E-state index contributed by atoms with van der Waals surface area (Å²) in [4.78, 5) is 2.23. The topological polar surface area (TPSA) is 48.3 Å². The standard InChI is InChI=1S/C14H25N3O/c1-14(10-15,16-12-6-7-12)11-17(2)9-13-5-3-4-8-18-13/h12-13,16H,3-9,11H2,1-2H3. The maximum absolute atomic E-state index is 9.35. The summed E-state index contributed by atoms with van der Waals surface area (Å²) in [5.74, 6) is 0. The average Bonchev–Trinajstić information content (AvgIpc) is 3.13. The second-order valence-electron chi connectivity index (χ2n) is 6.05. The number of nitrogens with one attached hydrogen (secondary N) is 1. The van der Waals surface area contributed by atoms with Crippen LogP contribution in [0.2, 0.25) is 0 Å². The molecule has 2 rings (SSSR count). The van der Waals surface area contributed by atoms with E-state index in [0.29, 0.717) is 12.1 Å². The molecule has 0 spiro atoms. The van der Waals surface area contributed by atoms with Gasteiger partial charge in [-0.1, -0.05) is 0 Å². The highest BCUT2D eigenvalue weighted by atomic mass is 16.5. The number of ether oxygens (including phenoxy) is 1. The Labute approximate surface area is 110 Å². The Kier molecular flexibility index (Phi) is 4.60. The third kappa shape index (κ3) is 4.24. The Morgan fingerprint density at radius 1 is 1.39 bits per heavy atom. The van der Waals surface area contributed by atoms with Gasteiger partial charge in [0, 0.05) is 25.7 Å². The van der Waals surface area contributed by atoms with Crippen molar-refractivity contribution in [1.29, 1.82) is 5.26 Å². The lowest BCUT2D eigenvalue weighted by molar-refractivity contribution is -0.00361. The SMILES string of the molecule is CN(CC1CCCCO1)CC(C)(C#N)NC1CC1. The number of nitriles is 1. The summed E-state index contributed by atoms with van der Waals surface area (Å²) < 4.78 is 5.75. The molecule has 18 heavy (non-hydrogen) atoms. The van der Waals surface area contributed by atoms with E-state index < -0.39 is 5.54 Å². The minimum absolute atomic E-state index is 0.354. The summed E-state index contributed by atoms with van der Waals surface area (Å²) in [6, 6.07) is 2.99. The van der Waals surface area contributed by atoms with Gasteiger partial charge in [-0.05, 0) is 46.1 Å². The fraction of sp³-hybridized carbons (Fsp3) is 0.929. The van der Waals surface area contributed by atoms with Gasteiger partial charge >= 0.3 is 0 Å². The fourth-order valence-corrected chi connectivity index (χ4v) is 2.69. The molecule has 0 aromatic carbocycles. The van der Waals surface area contributed by atoms with Crippen molar-refractivity contribution in [2.45, 2.75) is 56.7 Å². The van der Waals surface area contributed by atoms with Crippen LogP contribution in [0.3, 0.4) is 0 Å². The first-order valence-corrected chi connectivity index (χ1v) is 7.10. The zero-order valence-corrected chi connectivity index (χ0v) is 11.6. The fourth-order valence-electron chi connectivity index (χ4n) is 2.69. The minimum Gasteiger partial charge on any atom is -0.377 e. The summed E-state index contributed by atoms with van der Waals surface area (Å²) in [7, 11) is 2.09. The molecule has 1 heterocycles. The van der Waals surface area contributed by atoms with Gasteiger partial charge in [0.15, 0.2) is 0 Å². The van der Waals surface area contributed by atoms with E-state index in [1.165, 1.54) is 25.7 Å². The van der Waals surface area contributed by atoms with Crippen LogP contribution < -0.4 is 5.32 Å². The maximum Gasteiger partial charge on any atom is 0.116 e. The third-order valence-corrected chi connectivity index (χ3v) is 3.72. The summed E-state index contributed by atoms with van der Waals surface area (Å²) in [6.45, 7) is 4.60. The molecule has 2 aliphatic rings. The molecule has 2 unspecified atom stereocenters. The molecule has 0 aromatic rings. The van der Waals surface area contributed by atoms with E-state index in [9.17, 15) is 5.26 Å². The molecule has 0 radical (unpaired) electrons. The summed E-state index contributed by atoms with van der Waals surface area (Å²) in [5, 5.41) is 12.8. The van der Waals surface area contributed by atoms with E-state index in [1.807, 2.05) is 6.92 Å². The Hall–Kier alpha value is -0.630. The van der Waals surface area contributed by atoms with Gasteiger partial charge < -0.3 is 9.64 Å². The largest absolute Gasteiger partial charge is 0.377 e. The van der Waals surface area contributed by atoms with Gasteiger partial charge in [0.2, 0.25) is 0 Å². The van der Waals surface area contributed by atoms with E-state index in [-0.39, 0.29) is 0 Å². The van der Waals surface area contributed by atoms with Crippen molar-refractivity contribution in [2.75, 3.05) is 26.7 Å². The monoisotopic (exact) mass is 251 g/mol. The van der Waals surface area contributed by atoms with Crippen LogP contribution >= 0.6 is 0 Å². The number of likely N-dealkylation sites (N-methyl/N-ethyl adjacent to an activating group) is 1. The van der Waals surface area contributed by atoms with Crippen molar-refractivity contribution in [3.05, 3.63) is 0 Å². The Morgan fingerprint density at radius 2 is 2.17 bits per heavy atom. The lowest BCUT2D eigenvalue weighted by Crippen LogP contribution is -2.51. The van der Waals surface area contributed by atoms with Gasteiger partial charge in [-0.25, -0.2) is 0 Å². The molecule has 102 valence electrons. The van der Waals surface area contributed by atoms with Crippen LogP contribution in [0.15, 0.2) is 0 Å². The summed E-state index contributed by atoms with van der Waals surface area (Å²) >= 11 is 0. The van der Waals surface area contributed by atoms with E-state index in [4.69, 9.17) is 4.74 Å². The Morgan fingerprint density at radius 3 is 2.72 bits per heavy atom. The van der Waals surface area contributed by atoms with Gasteiger partial charge in [0.25, 0.3) is 0 Å². The highest BCUT2D eigenvalue weighted by Crippen LogP contribution is 2.23. The lowest BCUT2D eigenvalue weighted by Gasteiger charge is -2.32. The molecule has 1 aliphatic heterocycles. The van der Waals surface area contributed by atoms with E-state index in [0.717, 1.165) is 26.1 Å². The van der Waals surface area contributed by atoms with Crippen LogP contribution in [0.5, 0.6) is 0 Å². The second-order valence-corrected chi connectivity index (χ2v) is 6.05. The smallest absolute Gasteiger partial charge is 0.116 e. The van der Waals surface area contributed by atoms with Gasteiger partial charge in [0.1, 0.15) is 5.54 Å². The molecule has 1 saturated heterocycles. The van der Waals surface area contributed by atoms with Crippen LogP contribution in [0.25, 0.3) is 0 Å². The predicted octanol–water partition coefficient (Wildman–Crippen LogP) is 1.52. The van der Waals surface area contributed by atoms with Crippen LogP contribution in [0.1, 0.15) is 39.0 Å². The molecule has 1 N–H and O–H groups in total. The first-order valence-electron chi connectivity index (χ1n) is 7.10. The maximum atomic E-state index is 9.35. The van der Waals surface area contributed by atoms with Crippen molar-refractivity contribution in [2.24, 2.45) is 0 Å². The van der Waals surface area contributed by atoms with E-state index in [2.05, 4.69) is 23.3 Å². The molecule has 0 amide bonds. The number of nitrogens with zero attached hydrogens (tertiary/aromatic N) is 2. The Bertz CT molecular complexity index is 305. The first-order chi connectivity index (χ1) is 8.61. The van der Waals surface area contributed by atoms with Crippen molar-refractivity contribution in [1.82, 2.24) is 10.2 Å². The molecule has 4 heteroatoms. The van der Waals surface area contributed by atoms with Crippen molar-refractivity contribution >= 4 is 0 Å². The van der Waals surface area contributed by atoms with Gasteiger partial charge in [-0.2, -0.15) is 5.26 Å². The van der Waals surface area contributed by atoms with Crippen LogP contribution in [0, 0.1) is 11.3 Å². The summed E-state index contributed by atoms with van der Waals surface area (Å²) in [5.41, 5.74) is -0.426. The molecule has 2 fully saturated rings. The predicted molar refractivity (Wildman–Crippen MR) is 71.3 cm³/mol. The number of hydrogen-bond donors (Lipinski definition) is 1. The number of hydrogen-bond acceptors (Lipinski definition) is 4. The normalized spacial score (nSPS) is 27.8. The summed E-state index contributed by atoms with van der Waals surface area (Å²) in [6.07, 6.45) is 6.41. The first kappa shape index (κ1) is 13.8. The van der Waals surface area contributed by atoms with E-state index in [1.54, 1.807) is 0 Å². The average molecular weight is 251 g/mol. The molecular weight excluding hydrogens is 226 g/mol. The zero-order chi connectivity index (χ0) is 13.0. The molecule has 0 bridgehead atoms. The highest BCUT2D eigenvalue weighted by molar-refractivity contribution is 5.08. The number of rotatable bonds is 6. The van der Waals surface area contributed by atoms with Gasteiger partial charge in [-0.3, -0.25) is 5.32 Å². The molecule has 1 saturated carbocycles. The second kappa shape index (κ2) is 6.01. The molecule has 4 nitrogen and oxygen atoms in total. The molecule has 2 atom stereocenters. The van der Waals surface area contributed by atoms with Crippen molar-refractivity contribution in [3.63, 3.8) is 0 Å². The zero-order valence-electron chi connectivity index (χ0n) is 11.6.